The van der Waals surface area contributed by atoms with Gasteiger partial charge in [-0.05, 0) is 36.4 Å². The molecule has 128 valence electrons. The molecule has 0 aliphatic carbocycles. The summed E-state index contributed by atoms with van der Waals surface area (Å²) >= 11 is 6.34. The molecule has 0 aliphatic rings. The lowest BCUT2D eigenvalue weighted by atomic mass is 10.1. The highest BCUT2D eigenvalue weighted by Crippen LogP contribution is 2.29. The van der Waals surface area contributed by atoms with E-state index in [0.29, 0.717) is 11.0 Å². The van der Waals surface area contributed by atoms with Crippen LogP contribution in [0.3, 0.4) is 0 Å². The van der Waals surface area contributed by atoms with E-state index in [1.54, 1.807) is 6.20 Å². The number of anilines is 2. The predicted octanol–water partition coefficient (Wildman–Crippen LogP) is 4.84. The van der Waals surface area contributed by atoms with Crippen molar-refractivity contribution in [3.8, 4) is 11.3 Å². The second kappa shape index (κ2) is 5.64. The summed E-state index contributed by atoms with van der Waals surface area (Å²) in [5.41, 5.74) is 5.83. The van der Waals surface area contributed by atoms with Gasteiger partial charge in [0.1, 0.15) is 0 Å². The molecule has 3 heterocycles. The zero-order valence-electron chi connectivity index (χ0n) is 13.9. The summed E-state index contributed by atoms with van der Waals surface area (Å²) in [5.74, 6) is 0.670. The molecule has 0 amide bonds. The van der Waals surface area contributed by atoms with Crippen molar-refractivity contribution in [2.24, 2.45) is 7.05 Å². The standard InChI is InChI=1S/C19H15ClN6/c1-26-18(5-7-22-26)11-2-3-15-17(8-11)25-19(24-15)23-12-9-14(20)13-4-6-21-16(13)10-12/h2-10,21H,1H3,(H2,23,24,25). The summed E-state index contributed by atoms with van der Waals surface area (Å²) in [5, 5.41) is 9.21. The number of rotatable bonds is 3. The number of nitrogens with zero attached hydrogens (tertiary/aromatic N) is 3. The maximum Gasteiger partial charge on any atom is 0.205 e. The maximum absolute atomic E-state index is 6.34. The normalized spacial score (nSPS) is 11.5. The first kappa shape index (κ1) is 15.0. The van der Waals surface area contributed by atoms with Crippen molar-refractivity contribution in [1.82, 2.24) is 24.7 Å². The molecular formula is C19H15ClN6. The third kappa shape index (κ3) is 2.43. The van der Waals surface area contributed by atoms with Gasteiger partial charge < -0.3 is 15.3 Å². The Balaban J connectivity index is 1.51. The summed E-state index contributed by atoms with van der Waals surface area (Å²) in [6.07, 6.45) is 3.67. The molecule has 0 radical (unpaired) electrons. The number of nitrogens with one attached hydrogen (secondary N) is 3. The second-order valence-corrected chi connectivity index (χ2v) is 6.59. The van der Waals surface area contributed by atoms with E-state index in [0.717, 1.165) is 38.9 Å². The average Bonchev–Trinajstić information content (AvgIpc) is 3.33. The molecule has 3 aromatic heterocycles. The van der Waals surface area contributed by atoms with E-state index in [1.807, 2.05) is 48.3 Å². The molecule has 0 aliphatic heterocycles. The average molecular weight is 363 g/mol. The van der Waals surface area contributed by atoms with Gasteiger partial charge in [0, 0.05) is 41.6 Å². The first-order valence-electron chi connectivity index (χ1n) is 8.19. The molecule has 0 fully saturated rings. The van der Waals surface area contributed by atoms with Crippen LogP contribution in [0.5, 0.6) is 0 Å². The summed E-state index contributed by atoms with van der Waals surface area (Å²) < 4.78 is 1.85. The van der Waals surface area contributed by atoms with Gasteiger partial charge in [-0.3, -0.25) is 4.68 Å². The van der Waals surface area contributed by atoms with Crippen molar-refractivity contribution in [2.45, 2.75) is 0 Å². The van der Waals surface area contributed by atoms with Crippen LogP contribution in [0.25, 0.3) is 33.2 Å². The van der Waals surface area contributed by atoms with Crippen molar-refractivity contribution in [1.29, 1.82) is 0 Å². The number of hydrogen-bond donors (Lipinski definition) is 3. The number of fused-ring (bicyclic) bond motifs is 2. The Kier molecular flexibility index (Phi) is 3.26. The zero-order valence-corrected chi connectivity index (χ0v) is 14.7. The van der Waals surface area contributed by atoms with Crippen LogP contribution >= 0.6 is 11.6 Å². The van der Waals surface area contributed by atoms with E-state index >= 15 is 0 Å². The monoisotopic (exact) mass is 362 g/mol. The molecule has 7 heteroatoms. The van der Waals surface area contributed by atoms with E-state index in [-0.39, 0.29) is 0 Å². The largest absolute Gasteiger partial charge is 0.361 e. The van der Waals surface area contributed by atoms with Crippen LogP contribution in [0.15, 0.2) is 54.9 Å². The first-order valence-corrected chi connectivity index (χ1v) is 8.57. The third-order valence-corrected chi connectivity index (χ3v) is 4.79. The van der Waals surface area contributed by atoms with Gasteiger partial charge in [-0.1, -0.05) is 17.7 Å². The Morgan fingerprint density at radius 2 is 2.00 bits per heavy atom. The second-order valence-electron chi connectivity index (χ2n) is 6.18. The Labute approximate surface area is 153 Å². The fourth-order valence-electron chi connectivity index (χ4n) is 3.21. The maximum atomic E-state index is 6.34. The zero-order chi connectivity index (χ0) is 17.7. The van der Waals surface area contributed by atoms with Gasteiger partial charge in [0.25, 0.3) is 0 Å². The number of H-pyrrole nitrogens is 2. The third-order valence-electron chi connectivity index (χ3n) is 4.48. The van der Waals surface area contributed by atoms with Gasteiger partial charge in [0.2, 0.25) is 5.95 Å². The van der Waals surface area contributed by atoms with Gasteiger partial charge in [-0.25, -0.2) is 4.98 Å². The van der Waals surface area contributed by atoms with Gasteiger partial charge in [0.05, 0.1) is 21.7 Å². The summed E-state index contributed by atoms with van der Waals surface area (Å²) in [4.78, 5) is 11.1. The Morgan fingerprint density at radius 1 is 1.08 bits per heavy atom. The summed E-state index contributed by atoms with van der Waals surface area (Å²) in [6, 6.07) is 14.0. The van der Waals surface area contributed by atoms with Crippen LogP contribution in [0.1, 0.15) is 0 Å². The van der Waals surface area contributed by atoms with E-state index in [2.05, 4.69) is 37.5 Å². The van der Waals surface area contributed by atoms with Crippen LogP contribution in [-0.2, 0) is 7.05 Å². The Morgan fingerprint density at radius 3 is 2.85 bits per heavy atom. The molecule has 0 unspecified atom stereocenters. The predicted molar refractivity (Wildman–Crippen MR) is 105 cm³/mol. The number of aromatic nitrogens is 5. The molecule has 0 atom stereocenters. The number of hydrogen-bond acceptors (Lipinski definition) is 3. The number of aromatic amines is 2. The number of benzene rings is 2. The highest BCUT2D eigenvalue weighted by Gasteiger charge is 2.09. The van der Waals surface area contributed by atoms with Crippen molar-refractivity contribution < 1.29 is 0 Å². The molecule has 0 spiro atoms. The molecule has 5 aromatic rings. The van der Waals surface area contributed by atoms with E-state index in [9.17, 15) is 0 Å². The number of imidazole rings is 1. The molecule has 26 heavy (non-hydrogen) atoms. The number of aryl methyl sites for hydroxylation is 1. The van der Waals surface area contributed by atoms with Crippen LogP contribution in [0, 0.1) is 0 Å². The molecule has 0 bridgehead atoms. The van der Waals surface area contributed by atoms with Crippen molar-refractivity contribution in [3.63, 3.8) is 0 Å². The fourth-order valence-corrected chi connectivity index (χ4v) is 3.49. The fraction of sp³-hybridized carbons (Fsp3) is 0.0526. The molecule has 3 N–H and O–H groups in total. The smallest absolute Gasteiger partial charge is 0.205 e. The molecule has 0 saturated carbocycles. The molecule has 2 aromatic carbocycles. The van der Waals surface area contributed by atoms with Crippen LogP contribution < -0.4 is 5.32 Å². The lowest BCUT2D eigenvalue weighted by molar-refractivity contribution is 0.776. The van der Waals surface area contributed by atoms with Gasteiger partial charge >= 0.3 is 0 Å². The Hall–Kier alpha value is -3.25. The highest BCUT2D eigenvalue weighted by molar-refractivity contribution is 6.35. The molecular weight excluding hydrogens is 348 g/mol. The molecule has 0 saturated heterocycles. The summed E-state index contributed by atoms with van der Waals surface area (Å²) in [7, 11) is 1.93. The van der Waals surface area contributed by atoms with Crippen molar-refractivity contribution >= 4 is 45.2 Å². The minimum absolute atomic E-state index is 0.670. The minimum Gasteiger partial charge on any atom is -0.361 e. The lowest BCUT2D eigenvalue weighted by Crippen LogP contribution is -1.93. The van der Waals surface area contributed by atoms with Crippen LogP contribution in [-0.4, -0.2) is 24.7 Å². The highest BCUT2D eigenvalue weighted by atomic mass is 35.5. The topological polar surface area (TPSA) is 74.3 Å². The summed E-state index contributed by atoms with van der Waals surface area (Å²) in [6.45, 7) is 0. The quantitative estimate of drug-likeness (QED) is 0.430. The first-order chi connectivity index (χ1) is 12.7. The van der Waals surface area contributed by atoms with Crippen molar-refractivity contribution in [3.05, 3.63) is 59.9 Å². The van der Waals surface area contributed by atoms with Gasteiger partial charge in [-0.15, -0.1) is 0 Å². The molecule has 6 nitrogen and oxygen atoms in total. The van der Waals surface area contributed by atoms with E-state index in [4.69, 9.17) is 11.6 Å². The molecule has 5 rings (SSSR count). The lowest BCUT2D eigenvalue weighted by Gasteiger charge is -2.04. The van der Waals surface area contributed by atoms with E-state index < -0.39 is 0 Å². The van der Waals surface area contributed by atoms with Crippen LogP contribution in [0.4, 0.5) is 11.6 Å². The SMILES string of the molecule is Cn1nccc1-c1ccc2[nH]c(Nc3cc(Cl)c4cc[nH]c4c3)nc2c1. The van der Waals surface area contributed by atoms with Crippen molar-refractivity contribution in [2.75, 3.05) is 5.32 Å². The van der Waals surface area contributed by atoms with Crippen LogP contribution in [0.2, 0.25) is 5.02 Å². The van der Waals surface area contributed by atoms with Gasteiger partial charge in [0.15, 0.2) is 0 Å². The van der Waals surface area contributed by atoms with Gasteiger partial charge in [-0.2, -0.15) is 5.10 Å². The minimum atomic E-state index is 0.670. The Bertz CT molecular complexity index is 1250. The van der Waals surface area contributed by atoms with E-state index in [1.165, 1.54) is 0 Å². The number of halogens is 1.